The molecule has 2 aromatic rings. The first kappa shape index (κ1) is 13.0. The monoisotopic (exact) mass is 271 g/mol. The van der Waals surface area contributed by atoms with Crippen LogP contribution >= 0.6 is 0 Å². The van der Waals surface area contributed by atoms with Crippen molar-refractivity contribution in [1.82, 2.24) is 10.3 Å². The fourth-order valence-corrected chi connectivity index (χ4v) is 2.49. The zero-order valence-electron chi connectivity index (χ0n) is 11.3. The standard InChI is InChI=1S/C15H17N3O2/c1-16-14-9-20-8-12(14)15(19)18-11-4-5-13-10(7-11)3-2-6-17-13/h2-7,12,14,16H,8-9H2,1H3,(H,18,19). The Labute approximate surface area is 117 Å². The summed E-state index contributed by atoms with van der Waals surface area (Å²) in [5.74, 6) is -0.158. The van der Waals surface area contributed by atoms with Gasteiger partial charge in [0, 0.05) is 23.3 Å². The highest BCUT2D eigenvalue weighted by Crippen LogP contribution is 2.20. The van der Waals surface area contributed by atoms with Crippen molar-refractivity contribution in [2.45, 2.75) is 6.04 Å². The largest absolute Gasteiger partial charge is 0.379 e. The average molecular weight is 271 g/mol. The quantitative estimate of drug-likeness (QED) is 0.886. The summed E-state index contributed by atoms with van der Waals surface area (Å²) >= 11 is 0. The Morgan fingerprint density at radius 1 is 1.35 bits per heavy atom. The molecule has 5 nitrogen and oxygen atoms in total. The Morgan fingerprint density at radius 3 is 3.10 bits per heavy atom. The summed E-state index contributed by atoms with van der Waals surface area (Å²) in [4.78, 5) is 16.5. The Morgan fingerprint density at radius 2 is 2.25 bits per heavy atom. The number of carbonyl (C=O) groups is 1. The molecule has 2 atom stereocenters. The smallest absolute Gasteiger partial charge is 0.231 e. The lowest BCUT2D eigenvalue weighted by Gasteiger charge is -2.16. The number of benzene rings is 1. The minimum Gasteiger partial charge on any atom is -0.379 e. The highest BCUT2D eigenvalue weighted by molar-refractivity contribution is 5.95. The zero-order valence-corrected chi connectivity index (χ0v) is 11.3. The number of aromatic nitrogens is 1. The lowest BCUT2D eigenvalue weighted by Crippen LogP contribution is -2.39. The van der Waals surface area contributed by atoms with Crippen LogP contribution in [0.3, 0.4) is 0 Å². The predicted octanol–water partition coefficient (Wildman–Crippen LogP) is 1.41. The van der Waals surface area contributed by atoms with Gasteiger partial charge in [0.1, 0.15) is 0 Å². The number of hydrogen-bond acceptors (Lipinski definition) is 4. The van der Waals surface area contributed by atoms with E-state index in [-0.39, 0.29) is 17.9 Å². The van der Waals surface area contributed by atoms with Gasteiger partial charge in [0.25, 0.3) is 0 Å². The molecule has 3 rings (SSSR count). The van der Waals surface area contributed by atoms with Gasteiger partial charge in [0.05, 0.1) is 24.6 Å². The number of fused-ring (bicyclic) bond motifs is 1. The third kappa shape index (κ3) is 2.50. The second kappa shape index (κ2) is 5.56. The number of likely N-dealkylation sites (N-methyl/N-ethyl adjacent to an activating group) is 1. The van der Waals surface area contributed by atoms with E-state index in [9.17, 15) is 4.79 Å². The Bertz CT molecular complexity index is 629. The Balaban J connectivity index is 1.77. The van der Waals surface area contributed by atoms with Crippen molar-refractivity contribution < 1.29 is 9.53 Å². The van der Waals surface area contributed by atoms with Crippen LogP contribution in [0.15, 0.2) is 36.5 Å². The van der Waals surface area contributed by atoms with E-state index in [2.05, 4.69) is 15.6 Å². The zero-order chi connectivity index (χ0) is 13.9. The van der Waals surface area contributed by atoms with E-state index in [0.717, 1.165) is 16.6 Å². The van der Waals surface area contributed by atoms with E-state index < -0.39 is 0 Å². The van der Waals surface area contributed by atoms with Crippen LogP contribution in [0.25, 0.3) is 10.9 Å². The van der Waals surface area contributed by atoms with E-state index >= 15 is 0 Å². The van der Waals surface area contributed by atoms with E-state index in [4.69, 9.17) is 4.74 Å². The summed E-state index contributed by atoms with van der Waals surface area (Å²) in [6.07, 6.45) is 1.76. The lowest BCUT2D eigenvalue weighted by atomic mass is 10.0. The van der Waals surface area contributed by atoms with Crippen LogP contribution in [0, 0.1) is 5.92 Å². The number of nitrogens with one attached hydrogen (secondary N) is 2. The van der Waals surface area contributed by atoms with Crippen LogP contribution < -0.4 is 10.6 Å². The summed E-state index contributed by atoms with van der Waals surface area (Å²) in [6.45, 7) is 1.04. The number of amides is 1. The molecule has 1 amide bonds. The molecule has 0 aliphatic carbocycles. The summed E-state index contributed by atoms with van der Waals surface area (Å²) in [7, 11) is 1.85. The number of nitrogens with zero attached hydrogens (tertiary/aromatic N) is 1. The maximum atomic E-state index is 12.3. The summed E-state index contributed by atoms with van der Waals surface area (Å²) in [6, 6.07) is 9.66. The first-order valence-electron chi connectivity index (χ1n) is 6.68. The van der Waals surface area contributed by atoms with Crippen LogP contribution in [0.4, 0.5) is 5.69 Å². The molecule has 2 unspecified atom stereocenters. The van der Waals surface area contributed by atoms with Crippen molar-refractivity contribution in [3.05, 3.63) is 36.5 Å². The van der Waals surface area contributed by atoms with Crippen molar-refractivity contribution >= 4 is 22.5 Å². The van der Waals surface area contributed by atoms with E-state index in [1.807, 2.05) is 37.4 Å². The van der Waals surface area contributed by atoms with Crippen LogP contribution in [0.1, 0.15) is 0 Å². The SMILES string of the molecule is CNC1COCC1C(=O)Nc1ccc2ncccc2c1. The molecule has 20 heavy (non-hydrogen) atoms. The van der Waals surface area contributed by atoms with Gasteiger partial charge in [-0.3, -0.25) is 9.78 Å². The van der Waals surface area contributed by atoms with Gasteiger partial charge in [-0.2, -0.15) is 0 Å². The molecule has 1 saturated heterocycles. The fourth-order valence-electron chi connectivity index (χ4n) is 2.49. The van der Waals surface area contributed by atoms with Crippen molar-refractivity contribution in [2.75, 3.05) is 25.6 Å². The van der Waals surface area contributed by atoms with Gasteiger partial charge in [-0.05, 0) is 31.3 Å². The number of rotatable bonds is 3. The normalized spacial score (nSPS) is 22.1. The molecule has 5 heteroatoms. The van der Waals surface area contributed by atoms with Crippen LogP contribution in [-0.4, -0.2) is 37.2 Å². The average Bonchev–Trinajstić information content (AvgIpc) is 2.95. The van der Waals surface area contributed by atoms with Gasteiger partial charge in [-0.15, -0.1) is 0 Å². The maximum Gasteiger partial charge on any atom is 0.231 e. The molecule has 1 aliphatic heterocycles. The predicted molar refractivity (Wildman–Crippen MR) is 77.5 cm³/mol. The molecule has 2 heterocycles. The number of hydrogen-bond donors (Lipinski definition) is 2. The van der Waals surface area contributed by atoms with Crippen LogP contribution in [0.2, 0.25) is 0 Å². The third-order valence-corrected chi connectivity index (χ3v) is 3.66. The van der Waals surface area contributed by atoms with Gasteiger partial charge in [0.2, 0.25) is 5.91 Å². The molecule has 0 bridgehead atoms. The van der Waals surface area contributed by atoms with Crippen molar-refractivity contribution in [2.24, 2.45) is 5.92 Å². The van der Waals surface area contributed by atoms with Gasteiger partial charge >= 0.3 is 0 Å². The Hall–Kier alpha value is -1.98. The fraction of sp³-hybridized carbons (Fsp3) is 0.333. The van der Waals surface area contributed by atoms with Crippen molar-refractivity contribution in [1.29, 1.82) is 0 Å². The second-order valence-corrected chi connectivity index (χ2v) is 4.94. The van der Waals surface area contributed by atoms with Crippen molar-refractivity contribution in [3.63, 3.8) is 0 Å². The number of pyridine rings is 1. The molecule has 104 valence electrons. The first-order chi connectivity index (χ1) is 9.78. The molecule has 2 N–H and O–H groups in total. The number of anilines is 1. The molecular weight excluding hydrogens is 254 g/mol. The topological polar surface area (TPSA) is 63.2 Å². The molecule has 1 fully saturated rings. The lowest BCUT2D eigenvalue weighted by molar-refractivity contribution is -0.120. The second-order valence-electron chi connectivity index (χ2n) is 4.94. The third-order valence-electron chi connectivity index (χ3n) is 3.66. The molecule has 0 saturated carbocycles. The van der Waals surface area contributed by atoms with Gasteiger partial charge < -0.3 is 15.4 Å². The summed E-state index contributed by atoms with van der Waals surface area (Å²) < 4.78 is 5.36. The van der Waals surface area contributed by atoms with E-state index in [1.165, 1.54) is 0 Å². The number of carbonyl (C=O) groups excluding carboxylic acids is 1. The van der Waals surface area contributed by atoms with Gasteiger partial charge in [-0.25, -0.2) is 0 Å². The maximum absolute atomic E-state index is 12.3. The van der Waals surface area contributed by atoms with E-state index in [1.54, 1.807) is 6.20 Å². The molecule has 0 spiro atoms. The first-order valence-corrected chi connectivity index (χ1v) is 6.68. The summed E-state index contributed by atoms with van der Waals surface area (Å²) in [5, 5.41) is 7.08. The molecule has 1 aromatic heterocycles. The molecular formula is C15H17N3O2. The number of ether oxygens (including phenoxy) is 1. The minimum atomic E-state index is -0.149. The summed E-state index contributed by atoms with van der Waals surface area (Å²) in [5.41, 5.74) is 1.71. The molecule has 1 aromatic carbocycles. The highest BCUT2D eigenvalue weighted by Gasteiger charge is 2.32. The molecule has 1 aliphatic rings. The van der Waals surface area contributed by atoms with E-state index in [0.29, 0.717) is 13.2 Å². The highest BCUT2D eigenvalue weighted by atomic mass is 16.5. The van der Waals surface area contributed by atoms with Crippen LogP contribution in [-0.2, 0) is 9.53 Å². The van der Waals surface area contributed by atoms with Crippen LogP contribution in [0.5, 0.6) is 0 Å². The minimum absolute atomic E-state index is 0.00918. The Kier molecular flexibility index (Phi) is 3.62. The van der Waals surface area contributed by atoms with Gasteiger partial charge in [-0.1, -0.05) is 6.07 Å². The van der Waals surface area contributed by atoms with Gasteiger partial charge in [0.15, 0.2) is 0 Å². The molecule has 0 radical (unpaired) electrons. The van der Waals surface area contributed by atoms with Crippen molar-refractivity contribution in [3.8, 4) is 0 Å².